The van der Waals surface area contributed by atoms with E-state index in [9.17, 15) is 10.1 Å². The number of rotatable bonds is 2. The molecule has 1 saturated heterocycles. The predicted molar refractivity (Wildman–Crippen MR) is 67.5 cm³/mol. The second-order valence-corrected chi connectivity index (χ2v) is 4.34. The second-order valence-electron chi connectivity index (χ2n) is 4.34. The zero-order chi connectivity index (χ0) is 13.1. The summed E-state index contributed by atoms with van der Waals surface area (Å²) in [6.07, 6.45) is 0. The molecule has 0 amide bonds. The number of nitro benzene ring substituents is 1. The van der Waals surface area contributed by atoms with Gasteiger partial charge in [0.05, 0.1) is 4.92 Å². The number of anilines is 1. The minimum absolute atomic E-state index is 0.0888. The van der Waals surface area contributed by atoms with Crippen molar-refractivity contribution < 1.29 is 4.92 Å². The van der Waals surface area contributed by atoms with Crippen LogP contribution < -0.4 is 10.2 Å². The molecule has 1 fully saturated rings. The van der Waals surface area contributed by atoms with Gasteiger partial charge in [0, 0.05) is 25.7 Å². The third kappa shape index (κ3) is 2.26. The van der Waals surface area contributed by atoms with Crippen molar-refractivity contribution in [1.82, 2.24) is 5.32 Å². The third-order valence-electron chi connectivity index (χ3n) is 3.03. The highest BCUT2D eigenvalue weighted by molar-refractivity contribution is 5.70. The molecule has 2 rings (SSSR count). The van der Waals surface area contributed by atoms with Crippen LogP contribution in [0.2, 0.25) is 0 Å². The molecule has 1 aromatic rings. The van der Waals surface area contributed by atoms with E-state index in [0.29, 0.717) is 18.8 Å². The number of nitrogens with one attached hydrogen (secondary N) is 1. The number of hydrogen-bond acceptors (Lipinski definition) is 5. The van der Waals surface area contributed by atoms with E-state index in [2.05, 4.69) is 5.32 Å². The summed E-state index contributed by atoms with van der Waals surface area (Å²) in [5, 5.41) is 23.4. The van der Waals surface area contributed by atoms with Crippen LogP contribution in [0.15, 0.2) is 18.2 Å². The first kappa shape index (κ1) is 12.3. The molecule has 6 nitrogen and oxygen atoms in total. The molecule has 1 atom stereocenters. The molecule has 0 aromatic heterocycles. The zero-order valence-electron chi connectivity index (χ0n) is 10.1. The average Bonchev–Trinajstić information content (AvgIpc) is 2.37. The van der Waals surface area contributed by atoms with Gasteiger partial charge in [0.25, 0.3) is 0 Å². The lowest BCUT2D eigenvalue weighted by atomic mass is 10.1. The number of piperazine rings is 1. The van der Waals surface area contributed by atoms with Gasteiger partial charge in [-0.25, -0.2) is 0 Å². The molecule has 0 bridgehead atoms. The van der Waals surface area contributed by atoms with Gasteiger partial charge in [-0.15, -0.1) is 0 Å². The summed E-state index contributed by atoms with van der Waals surface area (Å²) in [6.45, 7) is 4.23. The lowest BCUT2D eigenvalue weighted by Gasteiger charge is -2.33. The number of nitrogens with zero attached hydrogens (tertiary/aromatic N) is 3. The Labute approximate surface area is 105 Å². The van der Waals surface area contributed by atoms with Crippen LogP contribution in [-0.4, -0.2) is 30.6 Å². The van der Waals surface area contributed by atoms with Crippen molar-refractivity contribution in [2.24, 2.45) is 0 Å². The number of benzene rings is 1. The number of nitriles is 1. The van der Waals surface area contributed by atoms with E-state index in [1.807, 2.05) is 17.9 Å². The van der Waals surface area contributed by atoms with Gasteiger partial charge in [-0.1, -0.05) is 6.07 Å². The number of nitro groups is 1. The molecule has 1 unspecified atom stereocenters. The highest BCUT2D eigenvalue weighted by Crippen LogP contribution is 2.31. The van der Waals surface area contributed by atoms with Crippen LogP contribution in [0.4, 0.5) is 11.4 Å². The molecule has 0 aliphatic carbocycles. The van der Waals surface area contributed by atoms with Crippen molar-refractivity contribution in [1.29, 1.82) is 5.26 Å². The van der Waals surface area contributed by atoms with Gasteiger partial charge in [0.2, 0.25) is 0 Å². The minimum atomic E-state index is -0.472. The first-order chi connectivity index (χ1) is 8.63. The van der Waals surface area contributed by atoms with Crippen molar-refractivity contribution in [3.63, 3.8) is 0 Å². The van der Waals surface area contributed by atoms with Gasteiger partial charge >= 0.3 is 5.69 Å². The average molecular weight is 246 g/mol. The molecule has 94 valence electrons. The fraction of sp³-hybridized carbons (Fsp3) is 0.417. The molecule has 1 aromatic carbocycles. The smallest absolute Gasteiger partial charge is 0.310 e. The van der Waals surface area contributed by atoms with Crippen molar-refractivity contribution >= 4 is 11.4 Å². The lowest BCUT2D eigenvalue weighted by molar-refractivity contribution is -0.384. The Kier molecular flexibility index (Phi) is 3.44. The zero-order valence-corrected chi connectivity index (χ0v) is 10.1. The SMILES string of the molecule is CC1CN(c2cccc(C#N)c2[N+](=O)[O-])CCN1. The normalized spacial score (nSPS) is 19.3. The van der Waals surface area contributed by atoms with Crippen LogP contribution in [-0.2, 0) is 0 Å². The molecular weight excluding hydrogens is 232 g/mol. The van der Waals surface area contributed by atoms with E-state index in [1.165, 1.54) is 6.07 Å². The van der Waals surface area contributed by atoms with Crippen molar-refractivity contribution in [3.8, 4) is 6.07 Å². The van der Waals surface area contributed by atoms with Crippen LogP contribution in [0.1, 0.15) is 12.5 Å². The first-order valence-electron chi connectivity index (χ1n) is 5.79. The Balaban J connectivity index is 2.44. The highest BCUT2D eigenvalue weighted by Gasteiger charge is 2.26. The van der Waals surface area contributed by atoms with E-state index in [4.69, 9.17) is 5.26 Å². The van der Waals surface area contributed by atoms with Crippen LogP contribution in [0.5, 0.6) is 0 Å². The number of para-hydroxylation sites is 1. The Morgan fingerprint density at radius 3 is 3.00 bits per heavy atom. The van der Waals surface area contributed by atoms with Gasteiger partial charge in [-0.05, 0) is 19.1 Å². The predicted octanol–water partition coefficient (Wildman–Crippen LogP) is 1.26. The Bertz CT molecular complexity index is 509. The van der Waals surface area contributed by atoms with E-state index < -0.39 is 4.92 Å². The van der Waals surface area contributed by atoms with E-state index in [1.54, 1.807) is 12.1 Å². The maximum Gasteiger partial charge on any atom is 0.310 e. The first-order valence-corrected chi connectivity index (χ1v) is 5.79. The van der Waals surface area contributed by atoms with Gasteiger partial charge in [0.15, 0.2) is 0 Å². The summed E-state index contributed by atoms with van der Waals surface area (Å²) in [6, 6.07) is 7.04. The maximum absolute atomic E-state index is 11.1. The molecule has 1 N–H and O–H groups in total. The van der Waals surface area contributed by atoms with Crippen molar-refractivity contribution in [3.05, 3.63) is 33.9 Å². The molecule has 18 heavy (non-hydrogen) atoms. The van der Waals surface area contributed by atoms with Gasteiger partial charge in [0.1, 0.15) is 17.3 Å². The number of hydrogen-bond donors (Lipinski definition) is 1. The molecule has 1 aliphatic heterocycles. The van der Waals surface area contributed by atoms with Crippen LogP contribution >= 0.6 is 0 Å². The molecule has 0 saturated carbocycles. The second kappa shape index (κ2) is 5.02. The molecular formula is C12H14N4O2. The summed E-state index contributed by atoms with van der Waals surface area (Å²) < 4.78 is 0. The van der Waals surface area contributed by atoms with Crippen molar-refractivity contribution in [2.75, 3.05) is 24.5 Å². The van der Waals surface area contributed by atoms with Crippen LogP contribution in [0, 0.1) is 21.4 Å². The fourth-order valence-corrected chi connectivity index (χ4v) is 2.22. The van der Waals surface area contributed by atoms with Gasteiger partial charge in [-0.3, -0.25) is 10.1 Å². The van der Waals surface area contributed by atoms with E-state index >= 15 is 0 Å². The molecule has 0 spiro atoms. The summed E-state index contributed by atoms with van der Waals surface area (Å²) in [5.41, 5.74) is 0.560. The lowest BCUT2D eigenvalue weighted by Crippen LogP contribution is -2.49. The van der Waals surface area contributed by atoms with Gasteiger partial charge in [-0.2, -0.15) is 5.26 Å². The Hall–Kier alpha value is -2.13. The largest absolute Gasteiger partial charge is 0.363 e. The molecule has 1 heterocycles. The monoisotopic (exact) mass is 246 g/mol. The standard InChI is InChI=1S/C12H14N4O2/c1-9-8-15(6-5-14-9)11-4-2-3-10(7-13)12(11)16(17)18/h2-4,9,14H,5-6,8H2,1H3. The molecule has 0 radical (unpaired) electrons. The Morgan fingerprint density at radius 2 is 2.39 bits per heavy atom. The molecule has 6 heteroatoms. The summed E-state index contributed by atoms with van der Waals surface area (Å²) in [5.74, 6) is 0. The topological polar surface area (TPSA) is 82.2 Å². The maximum atomic E-state index is 11.1. The summed E-state index contributed by atoms with van der Waals surface area (Å²) in [4.78, 5) is 12.6. The highest BCUT2D eigenvalue weighted by atomic mass is 16.6. The quantitative estimate of drug-likeness (QED) is 0.627. The Morgan fingerprint density at radius 1 is 1.61 bits per heavy atom. The minimum Gasteiger partial charge on any atom is -0.363 e. The van der Waals surface area contributed by atoms with E-state index in [0.717, 1.165) is 6.54 Å². The van der Waals surface area contributed by atoms with E-state index in [-0.39, 0.29) is 17.3 Å². The van der Waals surface area contributed by atoms with Crippen LogP contribution in [0.25, 0.3) is 0 Å². The third-order valence-corrected chi connectivity index (χ3v) is 3.03. The molecule has 1 aliphatic rings. The van der Waals surface area contributed by atoms with Gasteiger partial charge < -0.3 is 10.2 Å². The summed E-state index contributed by atoms with van der Waals surface area (Å²) >= 11 is 0. The fourth-order valence-electron chi connectivity index (χ4n) is 2.22. The van der Waals surface area contributed by atoms with Crippen molar-refractivity contribution in [2.45, 2.75) is 13.0 Å². The van der Waals surface area contributed by atoms with Crippen LogP contribution in [0.3, 0.4) is 0 Å². The summed E-state index contributed by atoms with van der Waals surface area (Å²) in [7, 11) is 0.